The number of ether oxygens (including phenoxy) is 2. The molecular formula is C25H22ClN5O4. The van der Waals surface area contributed by atoms with Gasteiger partial charge in [0.1, 0.15) is 11.8 Å². The van der Waals surface area contributed by atoms with E-state index in [1.165, 1.54) is 31.0 Å². The van der Waals surface area contributed by atoms with Gasteiger partial charge in [0.25, 0.3) is 5.56 Å². The molecule has 3 heterocycles. The number of hydrogen-bond donors (Lipinski definition) is 1. The van der Waals surface area contributed by atoms with Crippen LogP contribution in [0.25, 0.3) is 16.6 Å². The highest BCUT2D eigenvalue weighted by molar-refractivity contribution is 6.31. The standard InChI is InChI=1S/C25H22ClN5O4/c1-34-10-7-22(25(33)29-18-6-9-31-19(12-18)5-8-28-31)30-15-23(35-2)21(13-24(30)32)20-11-17(26)4-3-16(20)14-27/h3-6,8-9,11-13,15,22H,7,10H2,1-2H3,(H,29,33). The lowest BCUT2D eigenvalue weighted by atomic mass is 10.00. The smallest absolute Gasteiger partial charge is 0.252 e. The van der Waals surface area contributed by atoms with Crippen LogP contribution in [-0.4, -0.2) is 40.9 Å². The second-order valence-corrected chi connectivity index (χ2v) is 8.14. The monoisotopic (exact) mass is 491 g/mol. The molecule has 9 nitrogen and oxygen atoms in total. The van der Waals surface area contributed by atoms with E-state index in [-0.39, 0.29) is 18.9 Å². The fraction of sp³-hybridized carbons (Fsp3) is 0.200. The van der Waals surface area contributed by atoms with Gasteiger partial charge < -0.3 is 14.8 Å². The summed E-state index contributed by atoms with van der Waals surface area (Å²) in [7, 11) is 2.98. The first-order valence-electron chi connectivity index (χ1n) is 10.7. The van der Waals surface area contributed by atoms with Crippen LogP contribution in [0, 0.1) is 11.3 Å². The van der Waals surface area contributed by atoms with E-state index in [1.54, 1.807) is 47.2 Å². The van der Waals surface area contributed by atoms with Crippen molar-refractivity contribution in [3.8, 4) is 22.9 Å². The van der Waals surface area contributed by atoms with Gasteiger partial charge in [-0.1, -0.05) is 11.6 Å². The van der Waals surface area contributed by atoms with Gasteiger partial charge >= 0.3 is 0 Å². The Kier molecular flexibility index (Phi) is 7.15. The van der Waals surface area contributed by atoms with Crippen molar-refractivity contribution in [2.45, 2.75) is 12.5 Å². The van der Waals surface area contributed by atoms with Gasteiger partial charge in [0.2, 0.25) is 5.91 Å². The third-order valence-electron chi connectivity index (χ3n) is 5.56. The Bertz CT molecular complexity index is 1490. The van der Waals surface area contributed by atoms with Crippen molar-refractivity contribution >= 4 is 28.7 Å². The molecule has 1 unspecified atom stereocenters. The molecular weight excluding hydrogens is 470 g/mol. The summed E-state index contributed by atoms with van der Waals surface area (Å²) in [6.07, 6.45) is 5.12. The Morgan fingerprint density at radius 3 is 2.77 bits per heavy atom. The maximum Gasteiger partial charge on any atom is 0.252 e. The van der Waals surface area contributed by atoms with E-state index in [2.05, 4.69) is 16.5 Å². The number of pyridine rings is 2. The number of carbonyl (C=O) groups excluding carboxylic acids is 1. The number of carbonyl (C=O) groups is 1. The Labute approximate surface area is 206 Å². The molecule has 0 aliphatic rings. The van der Waals surface area contributed by atoms with Crippen LogP contribution in [0.15, 0.2) is 65.8 Å². The summed E-state index contributed by atoms with van der Waals surface area (Å²) < 4.78 is 13.7. The second-order valence-electron chi connectivity index (χ2n) is 7.71. The fourth-order valence-corrected chi connectivity index (χ4v) is 4.01. The summed E-state index contributed by atoms with van der Waals surface area (Å²) in [5.41, 5.74) is 2.16. The zero-order chi connectivity index (χ0) is 24.9. The molecule has 35 heavy (non-hydrogen) atoms. The molecule has 1 aromatic carbocycles. The van der Waals surface area contributed by atoms with E-state index >= 15 is 0 Å². The molecule has 10 heteroatoms. The van der Waals surface area contributed by atoms with E-state index < -0.39 is 11.6 Å². The number of methoxy groups -OCH3 is 2. The number of nitrogens with one attached hydrogen (secondary N) is 1. The molecule has 1 amide bonds. The van der Waals surface area contributed by atoms with Gasteiger partial charge in [-0.2, -0.15) is 10.4 Å². The first-order chi connectivity index (χ1) is 16.9. The molecule has 0 radical (unpaired) electrons. The summed E-state index contributed by atoms with van der Waals surface area (Å²) in [5.74, 6) is -0.0671. The Morgan fingerprint density at radius 2 is 2.03 bits per heavy atom. The maximum atomic E-state index is 13.3. The largest absolute Gasteiger partial charge is 0.495 e. The average molecular weight is 492 g/mol. The summed E-state index contributed by atoms with van der Waals surface area (Å²) in [6, 6.07) is 12.7. The van der Waals surface area contributed by atoms with Crippen LogP contribution in [0.3, 0.4) is 0 Å². The van der Waals surface area contributed by atoms with Gasteiger partial charge in [-0.3, -0.25) is 14.2 Å². The highest BCUT2D eigenvalue weighted by Gasteiger charge is 2.24. The molecule has 4 aromatic rings. The number of amides is 1. The number of anilines is 1. The molecule has 1 atom stereocenters. The normalized spacial score (nSPS) is 11.7. The van der Waals surface area contributed by atoms with E-state index in [0.29, 0.717) is 33.1 Å². The molecule has 178 valence electrons. The maximum absolute atomic E-state index is 13.3. The predicted molar refractivity (Wildman–Crippen MR) is 132 cm³/mol. The number of fused-ring (bicyclic) bond motifs is 1. The molecule has 0 saturated heterocycles. The van der Waals surface area contributed by atoms with E-state index in [4.69, 9.17) is 21.1 Å². The van der Waals surface area contributed by atoms with Crippen LogP contribution in [0.5, 0.6) is 5.75 Å². The van der Waals surface area contributed by atoms with Gasteiger partial charge in [0.05, 0.1) is 30.5 Å². The van der Waals surface area contributed by atoms with Crippen LogP contribution in [0.2, 0.25) is 5.02 Å². The topological polar surface area (TPSA) is 111 Å². The molecule has 0 aliphatic carbocycles. The highest BCUT2D eigenvalue weighted by Crippen LogP contribution is 2.33. The van der Waals surface area contributed by atoms with Crippen molar-refractivity contribution in [1.29, 1.82) is 5.26 Å². The predicted octanol–water partition coefficient (Wildman–Crippen LogP) is 3.91. The number of benzene rings is 1. The lowest BCUT2D eigenvalue weighted by Crippen LogP contribution is -2.34. The third kappa shape index (κ3) is 5.04. The van der Waals surface area contributed by atoms with Crippen molar-refractivity contribution < 1.29 is 14.3 Å². The Hall–Kier alpha value is -4.13. The number of nitriles is 1. The minimum Gasteiger partial charge on any atom is -0.495 e. The van der Waals surface area contributed by atoms with Crippen molar-refractivity contribution in [2.24, 2.45) is 0 Å². The van der Waals surface area contributed by atoms with Gasteiger partial charge in [-0.15, -0.1) is 0 Å². The Morgan fingerprint density at radius 1 is 1.20 bits per heavy atom. The van der Waals surface area contributed by atoms with Crippen LogP contribution in [0.1, 0.15) is 18.0 Å². The van der Waals surface area contributed by atoms with Crippen molar-refractivity contribution in [3.63, 3.8) is 0 Å². The molecule has 0 saturated carbocycles. The van der Waals surface area contributed by atoms with Crippen LogP contribution in [-0.2, 0) is 9.53 Å². The third-order valence-corrected chi connectivity index (χ3v) is 5.79. The molecule has 3 aromatic heterocycles. The van der Waals surface area contributed by atoms with Gasteiger partial charge in [0.15, 0.2) is 0 Å². The van der Waals surface area contributed by atoms with Gasteiger partial charge in [-0.25, -0.2) is 4.52 Å². The Balaban J connectivity index is 1.74. The lowest BCUT2D eigenvalue weighted by molar-refractivity contribution is -0.119. The van der Waals surface area contributed by atoms with Crippen molar-refractivity contribution in [2.75, 3.05) is 26.1 Å². The zero-order valence-corrected chi connectivity index (χ0v) is 19.8. The second kappa shape index (κ2) is 10.4. The molecule has 1 N–H and O–H groups in total. The van der Waals surface area contributed by atoms with E-state index in [1.807, 2.05) is 6.07 Å². The van der Waals surface area contributed by atoms with Gasteiger partial charge in [-0.05, 0) is 36.4 Å². The summed E-state index contributed by atoms with van der Waals surface area (Å²) >= 11 is 6.14. The number of rotatable bonds is 8. The first-order valence-corrected chi connectivity index (χ1v) is 11.1. The van der Waals surface area contributed by atoms with E-state index in [9.17, 15) is 14.9 Å². The average Bonchev–Trinajstić information content (AvgIpc) is 3.32. The summed E-state index contributed by atoms with van der Waals surface area (Å²) in [4.78, 5) is 26.5. The number of aromatic nitrogens is 3. The van der Waals surface area contributed by atoms with Gasteiger partial charge in [0, 0.05) is 60.4 Å². The number of nitrogens with zero attached hydrogens (tertiary/aromatic N) is 4. The lowest BCUT2D eigenvalue weighted by Gasteiger charge is -2.21. The highest BCUT2D eigenvalue weighted by atomic mass is 35.5. The molecule has 0 aliphatic heterocycles. The zero-order valence-electron chi connectivity index (χ0n) is 19.1. The van der Waals surface area contributed by atoms with Crippen molar-refractivity contribution in [1.82, 2.24) is 14.2 Å². The summed E-state index contributed by atoms with van der Waals surface area (Å²) in [6.45, 7) is 0.253. The number of halogens is 1. The first kappa shape index (κ1) is 24.0. The fourth-order valence-electron chi connectivity index (χ4n) is 3.83. The number of hydrogen-bond acceptors (Lipinski definition) is 6. The minimum atomic E-state index is -0.874. The molecule has 0 spiro atoms. The molecule has 0 fully saturated rings. The van der Waals surface area contributed by atoms with Crippen LogP contribution < -0.4 is 15.6 Å². The molecule has 0 bridgehead atoms. The SMILES string of the molecule is COCCC(C(=O)Nc1ccn2nccc2c1)n1cc(OC)c(-c2cc(Cl)ccc2C#N)cc1=O. The molecule has 4 rings (SSSR count). The minimum absolute atomic E-state index is 0.250. The van der Waals surface area contributed by atoms with Crippen LogP contribution >= 0.6 is 11.6 Å². The van der Waals surface area contributed by atoms with Crippen molar-refractivity contribution in [3.05, 3.63) is 82.0 Å². The van der Waals surface area contributed by atoms with E-state index in [0.717, 1.165) is 5.52 Å². The summed E-state index contributed by atoms with van der Waals surface area (Å²) in [5, 5.41) is 16.9. The quantitative estimate of drug-likeness (QED) is 0.400. The van der Waals surface area contributed by atoms with Crippen LogP contribution in [0.4, 0.5) is 5.69 Å².